The number of aromatic nitrogens is 5. The molecule has 0 aliphatic heterocycles. The van der Waals surface area contributed by atoms with Gasteiger partial charge in [-0.05, 0) is 36.2 Å². The fraction of sp³-hybridized carbons (Fsp3) is 0.118. The lowest BCUT2D eigenvalue weighted by atomic mass is 10.0. The van der Waals surface area contributed by atoms with E-state index in [4.69, 9.17) is 11.6 Å². The van der Waals surface area contributed by atoms with Crippen LogP contribution >= 0.6 is 11.6 Å². The Balaban J connectivity index is 1.84. The van der Waals surface area contributed by atoms with Gasteiger partial charge in [-0.3, -0.25) is 5.10 Å². The van der Waals surface area contributed by atoms with Crippen molar-refractivity contribution in [2.45, 2.75) is 13.3 Å². The zero-order valence-electron chi connectivity index (χ0n) is 12.5. The Morgan fingerprint density at radius 3 is 2.83 bits per heavy atom. The van der Waals surface area contributed by atoms with Crippen LogP contribution in [0.25, 0.3) is 33.7 Å². The van der Waals surface area contributed by atoms with E-state index in [0.717, 1.165) is 45.1 Å². The van der Waals surface area contributed by atoms with E-state index in [0.29, 0.717) is 0 Å². The lowest BCUT2D eigenvalue weighted by Crippen LogP contribution is -1.90. The zero-order chi connectivity index (χ0) is 15.8. The number of nitrogens with zero attached hydrogens (tertiary/aromatic N) is 3. The van der Waals surface area contributed by atoms with Gasteiger partial charge in [-0.25, -0.2) is 9.97 Å². The molecule has 4 rings (SSSR count). The summed E-state index contributed by atoms with van der Waals surface area (Å²) in [5.74, 6) is 0. The van der Waals surface area contributed by atoms with Crippen molar-refractivity contribution >= 4 is 22.6 Å². The van der Waals surface area contributed by atoms with Crippen LogP contribution in [0.1, 0.15) is 12.5 Å². The van der Waals surface area contributed by atoms with Crippen LogP contribution in [0, 0.1) is 0 Å². The lowest BCUT2D eigenvalue weighted by Gasteiger charge is -2.07. The van der Waals surface area contributed by atoms with Crippen LogP contribution in [-0.2, 0) is 6.42 Å². The Labute approximate surface area is 137 Å². The van der Waals surface area contributed by atoms with Gasteiger partial charge in [-0.1, -0.05) is 24.6 Å². The van der Waals surface area contributed by atoms with Crippen LogP contribution in [0.15, 0.2) is 42.9 Å². The Morgan fingerprint density at radius 2 is 1.96 bits per heavy atom. The van der Waals surface area contributed by atoms with E-state index in [2.05, 4.69) is 38.1 Å². The number of hydrogen-bond donors (Lipinski definition) is 2. The summed E-state index contributed by atoms with van der Waals surface area (Å²) in [5.41, 5.74) is 5.87. The summed E-state index contributed by atoms with van der Waals surface area (Å²) in [6.45, 7) is 2.13. The van der Waals surface area contributed by atoms with Gasteiger partial charge in [-0.15, -0.1) is 0 Å². The van der Waals surface area contributed by atoms with E-state index >= 15 is 0 Å². The summed E-state index contributed by atoms with van der Waals surface area (Å²) < 4.78 is 0. The highest BCUT2D eigenvalue weighted by molar-refractivity contribution is 6.30. The minimum Gasteiger partial charge on any atom is -0.353 e. The predicted molar refractivity (Wildman–Crippen MR) is 91.3 cm³/mol. The van der Waals surface area contributed by atoms with E-state index in [9.17, 15) is 0 Å². The van der Waals surface area contributed by atoms with E-state index in [1.165, 1.54) is 11.9 Å². The first-order valence-electron chi connectivity index (χ1n) is 7.38. The molecule has 0 bridgehead atoms. The van der Waals surface area contributed by atoms with Crippen molar-refractivity contribution < 1.29 is 0 Å². The van der Waals surface area contributed by atoms with Crippen LogP contribution in [0.2, 0.25) is 5.02 Å². The van der Waals surface area contributed by atoms with Gasteiger partial charge in [-0.2, -0.15) is 5.10 Å². The smallest absolute Gasteiger partial charge is 0.159 e. The molecule has 3 heterocycles. The highest BCUT2D eigenvalue weighted by Gasteiger charge is 2.12. The number of hydrogen-bond acceptors (Lipinski definition) is 3. The van der Waals surface area contributed by atoms with Crippen LogP contribution < -0.4 is 0 Å². The van der Waals surface area contributed by atoms with Crippen molar-refractivity contribution in [3.8, 4) is 22.6 Å². The Bertz CT molecular complexity index is 985. The first-order valence-corrected chi connectivity index (χ1v) is 7.76. The van der Waals surface area contributed by atoms with Crippen LogP contribution in [0.5, 0.6) is 0 Å². The maximum atomic E-state index is 6.16. The molecule has 23 heavy (non-hydrogen) atoms. The van der Waals surface area contributed by atoms with Crippen LogP contribution in [-0.4, -0.2) is 25.1 Å². The fourth-order valence-corrected chi connectivity index (χ4v) is 2.95. The number of aromatic amines is 2. The van der Waals surface area contributed by atoms with Crippen molar-refractivity contribution in [1.29, 1.82) is 0 Å². The highest BCUT2D eigenvalue weighted by Crippen LogP contribution is 2.30. The summed E-state index contributed by atoms with van der Waals surface area (Å²) in [4.78, 5) is 12.0. The molecule has 114 valence electrons. The van der Waals surface area contributed by atoms with Gasteiger partial charge < -0.3 is 4.98 Å². The standard InChI is InChI=1S/C17H14ClN5/c1-2-10-3-4-11(18)7-12(10)14-5-6-15(22-14)16-13-8-21-23-17(13)20-9-19-16/h3-9,22H,2H2,1H3,(H,19,20,21,23). The molecule has 0 unspecified atom stereocenters. The second-order valence-corrected chi connectivity index (χ2v) is 5.73. The van der Waals surface area contributed by atoms with Gasteiger partial charge in [0.25, 0.3) is 0 Å². The molecule has 6 heteroatoms. The molecule has 0 saturated heterocycles. The largest absolute Gasteiger partial charge is 0.353 e. The molecule has 0 aliphatic rings. The third kappa shape index (κ3) is 2.39. The van der Waals surface area contributed by atoms with Crippen LogP contribution in [0.4, 0.5) is 0 Å². The minimum atomic E-state index is 0.725. The highest BCUT2D eigenvalue weighted by atomic mass is 35.5. The molecule has 4 aromatic rings. The van der Waals surface area contributed by atoms with E-state index in [1.807, 2.05) is 24.3 Å². The van der Waals surface area contributed by atoms with Crippen molar-refractivity contribution in [1.82, 2.24) is 25.1 Å². The Kier molecular flexibility index (Phi) is 3.35. The number of benzene rings is 1. The van der Waals surface area contributed by atoms with E-state index in [-0.39, 0.29) is 0 Å². The van der Waals surface area contributed by atoms with Crippen molar-refractivity contribution in [2.75, 3.05) is 0 Å². The topological polar surface area (TPSA) is 70.2 Å². The second-order valence-electron chi connectivity index (χ2n) is 5.30. The van der Waals surface area contributed by atoms with Gasteiger partial charge in [0.15, 0.2) is 5.65 Å². The molecule has 5 nitrogen and oxygen atoms in total. The molecule has 1 aromatic carbocycles. The van der Waals surface area contributed by atoms with Gasteiger partial charge in [0.05, 0.1) is 17.3 Å². The van der Waals surface area contributed by atoms with Crippen molar-refractivity contribution in [3.05, 3.63) is 53.4 Å². The Morgan fingerprint density at radius 1 is 1.09 bits per heavy atom. The minimum absolute atomic E-state index is 0.725. The van der Waals surface area contributed by atoms with Gasteiger partial charge >= 0.3 is 0 Å². The monoisotopic (exact) mass is 323 g/mol. The summed E-state index contributed by atoms with van der Waals surface area (Å²) in [5, 5.41) is 8.51. The first-order chi connectivity index (χ1) is 11.3. The summed E-state index contributed by atoms with van der Waals surface area (Å²) in [6, 6.07) is 10.0. The fourth-order valence-electron chi connectivity index (χ4n) is 2.78. The molecule has 0 amide bonds. The normalized spacial score (nSPS) is 11.2. The van der Waals surface area contributed by atoms with Crippen molar-refractivity contribution in [2.24, 2.45) is 0 Å². The maximum absolute atomic E-state index is 6.16. The molecule has 0 radical (unpaired) electrons. The summed E-state index contributed by atoms with van der Waals surface area (Å²) >= 11 is 6.16. The average molecular weight is 324 g/mol. The first kappa shape index (κ1) is 14.0. The summed E-state index contributed by atoms with van der Waals surface area (Å²) in [6.07, 6.45) is 4.22. The third-order valence-electron chi connectivity index (χ3n) is 3.93. The third-order valence-corrected chi connectivity index (χ3v) is 4.17. The van der Waals surface area contributed by atoms with E-state index in [1.54, 1.807) is 6.20 Å². The average Bonchev–Trinajstić information content (AvgIpc) is 3.23. The Hall–Kier alpha value is -2.66. The van der Waals surface area contributed by atoms with Crippen molar-refractivity contribution in [3.63, 3.8) is 0 Å². The number of halogens is 1. The molecular weight excluding hydrogens is 310 g/mol. The quantitative estimate of drug-likeness (QED) is 0.592. The number of fused-ring (bicyclic) bond motifs is 1. The van der Waals surface area contributed by atoms with Gasteiger partial charge in [0.2, 0.25) is 0 Å². The number of nitrogens with one attached hydrogen (secondary N) is 2. The second kappa shape index (κ2) is 5.52. The van der Waals surface area contributed by atoms with Gasteiger partial charge in [0, 0.05) is 16.3 Å². The molecule has 0 spiro atoms. The number of rotatable bonds is 3. The summed E-state index contributed by atoms with van der Waals surface area (Å²) in [7, 11) is 0. The van der Waals surface area contributed by atoms with Crippen LogP contribution in [0.3, 0.4) is 0 Å². The molecule has 0 saturated carbocycles. The molecule has 0 aliphatic carbocycles. The molecule has 3 aromatic heterocycles. The van der Waals surface area contributed by atoms with E-state index < -0.39 is 0 Å². The zero-order valence-corrected chi connectivity index (χ0v) is 13.2. The molecular formula is C17H14ClN5. The SMILES string of the molecule is CCc1ccc(Cl)cc1-c1ccc(-c2ncnc3[nH]ncc23)[nH]1. The molecule has 0 atom stereocenters. The van der Waals surface area contributed by atoms with Gasteiger partial charge in [0.1, 0.15) is 12.0 Å². The number of H-pyrrole nitrogens is 2. The molecule has 2 N–H and O–H groups in total. The predicted octanol–water partition coefficient (Wildman–Crippen LogP) is 4.23. The number of aryl methyl sites for hydroxylation is 1. The maximum Gasteiger partial charge on any atom is 0.159 e. The molecule has 0 fully saturated rings. The lowest BCUT2D eigenvalue weighted by molar-refractivity contribution is 1.09.